The Morgan fingerprint density at radius 3 is 2.10 bits per heavy atom. The molecule has 1 unspecified atom stereocenters. The Bertz CT molecular complexity index is 322. The van der Waals surface area contributed by atoms with Gasteiger partial charge in [-0.05, 0) is 30.6 Å². The molecule has 0 fully saturated rings. The summed E-state index contributed by atoms with van der Waals surface area (Å²) in [5.74, 6) is -0.429. The van der Waals surface area contributed by atoms with Gasteiger partial charge in [-0.3, -0.25) is 4.79 Å². The van der Waals surface area contributed by atoms with Gasteiger partial charge in [0.1, 0.15) is 0 Å². The predicted octanol–water partition coefficient (Wildman–Crippen LogP) is 2.86. The molecule has 0 aliphatic rings. The van der Waals surface area contributed by atoms with Crippen molar-refractivity contribution < 1.29 is 14.7 Å². The summed E-state index contributed by atoms with van der Waals surface area (Å²) in [5, 5.41) is 14.6. The normalized spacial score (nSPS) is 14.8. The van der Waals surface area contributed by atoms with Crippen molar-refractivity contribution in [2.24, 2.45) is 17.3 Å². The molecule has 20 heavy (non-hydrogen) atoms. The molecule has 0 rings (SSSR count). The highest BCUT2D eigenvalue weighted by molar-refractivity contribution is 5.74. The molecule has 0 saturated heterocycles. The summed E-state index contributed by atoms with van der Waals surface area (Å²) in [7, 11) is 0. The van der Waals surface area contributed by atoms with Gasteiger partial charge < -0.3 is 15.7 Å². The number of hydrogen-bond acceptors (Lipinski definition) is 2. The fraction of sp³-hybridized carbons (Fsp3) is 0.867. The molecule has 5 heteroatoms. The van der Waals surface area contributed by atoms with Gasteiger partial charge in [0.25, 0.3) is 0 Å². The first-order valence-corrected chi connectivity index (χ1v) is 7.28. The molecule has 0 aromatic heterocycles. The van der Waals surface area contributed by atoms with Gasteiger partial charge in [-0.25, -0.2) is 4.79 Å². The number of aliphatic carboxylic acids is 1. The topological polar surface area (TPSA) is 78.4 Å². The van der Waals surface area contributed by atoms with Crippen molar-refractivity contribution in [1.29, 1.82) is 0 Å². The molecular formula is C15H30N2O3. The molecule has 2 amide bonds. The number of amides is 2. The number of rotatable bonds is 7. The number of carboxylic acids is 1. The first-order chi connectivity index (χ1) is 9.02. The van der Waals surface area contributed by atoms with E-state index >= 15 is 0 Å². The van der Waals surface area contributed by atoms with Gasteiger partial charge in [0.05, 0.1) is 0 Å². The van der Waals surface area contributed by atoms with Crippen LogP contribution >= 0.6 is 0 Å². The van der Waals surface area contributed by atoms with E-state index in [1.54, 1.807) is 0 Å². The maximum atomic E-state index is 11.8. The van der Waals surface area contributed by atoms with Crippen LogP contribution in [-0.2, 0) is 4.79 Å². The summed E-state index contributed by atoms with van der Waals surface area (Å²) in [6.45, 7) is 12.6. The van der Waals surface area contributed by atoms with Crippen LogP contribution in [0.3, 0.4) is 0 Å². The number of nitrogens with one attached hydrogen (secondary N) is 2. The Hall–Kier alpha value is -1.26. The standard InChI is InChI=1S/C15H30N2O3/c1-10(2)7-12(8-13(18)19)9-16-14(20)17-11(3)15(4,5)6/h10-12H,7-9H2,1-6H3,(H,18,19)(H2,16,17,20)/t11?,12-/m0/s1. The third kappa shape index (κ3) is 8.77. The molecule has 0 aliphatic carbocycles. The predicted molar refractivity (Wildman–Crippen MR) is 80.6 cm³/mol. The second-order valence-electron chi connectivity index (χ2n) is 7.04. The number of urea groups is 1. The summed E-state index contributed by atoms with van der Waals surface area (Å²) in [6.07, 6.45) is 0.884. The van der Waals surface area contributed by atoms with E-state index in [1.165, 1.54) is 0 Å². The third-order valence-electron chi connectivity index (χ3n) is 3.47. The minimum absolute atomic E-state index is 0.00423. The molecule has 0 aromatic carbocycles. The van der Waals surface area contributed by atoms with Gasteiger partial charge >= 0.3 is 12.0 Å². The molecule has 118 valence electrons. The van der Waals surface area contributed by atoms with E-state index in [0.29, 0.717) is 12.5 Å². The van der Waals surface area contributed by atoms with Crippen molar-refractivity contribution in [3.05, 3.63) is 0 Å². The molecule has 0 saturated carbocycles. The number of hydrogen-bond donors (Lipinski definition) is 3. The van der Waals surface area contributed by atoms with Crippen molar-refractivity contribution in [3.8, 4) is 0 Å². The highest BCUT2D eigenvalue weighted by Crippen LogP contribution is 2.18. The zero-order valence-corrected chi connectivity index (χ0v) is 13.6. The van der Waals surface area contributed by atoms with Gasteiger partial charge in [0.15, 0.2) is 0 Å². The molecule has 0 spiro atoms. The summed E-state index contributed by atoms with van der Waals surface area (Å²) in [5.41, 5.74) is -0.00423. The van der Waals surface area contributed by atoms with Crippen molar-refractivity contribution >= 4 is 12.0 Å². The average Bonchev–Trinajstić information content (AvgIpc) is 2.22. The van der Waals surface area contributed by atoms with Crippen LogP contribution in [0.15, 0.2) is 0 Å². The molecule has 2 atom stereocenters. The smallest absolute Gasteiger partial charge is 0.315 e. The minimum atomic E-state index is -0.819. The summed E-state index contributed by atoms with van der Waals surface area (Å²) in [6, 6.07) is -0.183. The quantitative estimate of drug-likeness (QED) is 0.673. The zero-order chi connectivity index (χ0) is 15.9. The molecule has 0 heterocycles. The number of carbonyl (C=O) groups excluding carboxylic acids is 1. The second-order valence-corrected chi connectivity index (χ2v) is 7.04. The zero-order valence-electron chi connectivity index (χ0n) is 13.6. The average molecular weight is 286 g/mol. The van der Waals surface area contributed by atoms with Gasteiger partial charge in [-0.2, -0.15) is 0 Å². The maximum Gasteiger partial charge on any atom is 0.315 e. The third-order valence-corrected chi connectivity index (χ3v) is 3.47. The van der Waals surface area contributed by atoms with Crippen LogP contribution in [0.4, 0.5) is 4.79 Å². The Morgan fingerprint density at radius 1 is 1.15 bits per heavy atom. The first-order valence-electron chi connectivity index (χ1n) is 7.28. The highest BCUT2D eigenvalue weighted by atomic mass is 16.4. The van der Waals surface area contributed by atoms with E-state index in [9.17, 15) is 9.59 Å². The van der Waals surface area contributed by atoms with Crippen LogP contribution in [-0.4, -0.2) is 29.7 Å². The maximum absolute atomic E-state index is 11.8. The Morgan fingerprint density at radius 2 is 1.70 bits per heavy atom. The second kappa shape index (κ2) is 8.12. The fourth-order valence-corrected chi connectivity index (χ4v) is 1.85. The molecule has 0 aromatic rings. The Labute approximate surface area is 122 Å². The summed E-state index contributed by atoms with van der Waals surface area (Å²) < 4.78 is 0. The molecule has 0 radical (unpaired) electrons. The Kier molecular flexibility index (Phi) is 7.61. The van der Waals surface area contributed by atoms with Gasteiger partial charge in [-0.1, -0.05) is 34.6 Å². The van der Waals surface area contributed by atoms with Crippen LogP contribution in [0.1, 0.15) is 54.4 Å². The van der Waals surface area contributed by atoms with Crippen molar-refractivity contribution in [3.63, 3.8) is 0 Å². The van der Waals surface area contributed by atoms with Crippen LogP contribution in [0, 0.1) is 17.3 Å². The summed E-state index contributed by atoms with van der Waals surface area (Å²) in [4.78, 5) is 22.6. The monoisotopic (exact) mass is 286 g/mol. The SMILES string of the molecule is CC(C)C[C@H](CNC(=O)NC(C)C(C)(C)C)CC(=O)O. The van der Waals surface area contributed by atoms with E-state index in [1.807, 2.05) is 6.92 Å². The molecular weight excluding hydrogens is 256 g/mol. The van der Waals surface area contributed by atoms with Crippen LogP contribution in [0.25, 0.3) is 0 Å². The number of carboxylic acid groups (broad SMARTS) is 1. The van der Waals surface area contributed by atoms with E-state index in [0.717, 1.165) is 6.42 Å². The molecule has 5 nitrogen and oxygen atoms in total. The van der Waals surface area contributed by atoms with Gasteiger partial charge in [-0.15, -0.1) is 0 Å². The van der Waals surface area contributed by atoms with Crippen molar-refractivity contribution in [1.82, 2.24) is 10.6 Å². The minimum Gasteiger partial charge on any atom is -0.481 e. The lowest BCUT2D eigenvalue weighted by atomic mass is 9.88. The lowest BCUT2D eigenvalue weighted by Gasteiger charge is -2.28. The summed E-state index contributed by atoms with van der Waals surface area (Å²) >= 11 is 0. The molecule has 0 bridgehead atoms. The van der Waals surface area contributed by atoms with Gasteiger partial charge in [0, 0.05) is 19.0 Å². The van der Waals surface area contributed by atoms with E-state index in [2.05, 4.69) is 45.3 Å². The lowest BCUT2D eigenvalue weighted by molar-refractivity contribution is -0.138. The molecule has 3 N–H and O–H groups in total. The number of carbonyl (C=O) groups is 2. The van der Waals surface area contributed by atoms with Gasteiger partial charge in [0.2, 0.25) is 0 Å². The van der Waals surface area contributed by atoms with Crippen LogP contribution in [0.5, 0.6) is 0 Å². The van der Waals surface area contributed by atoms with E-state index < -0.39 is 5.97 Å². The van der Waals surface area contributed by atoms with E-state index in [-0.39, 0.29) is 29.8 Å². The van der Waals surface area contributed by atoms with E-state index in [4.69, 9.17) is 5.11 Å². The Balaban J connectivity index is 4.26. The highest BCUT2D eigenvalue weighted by Gasteiger charge is 2.22. The lowest BCUT2D eigenvalue weighted by Crippen LogP contribution is -2.47. The first kappa shape index (κ1) is 18.7. The fourth-order valence-electron chi connectivity index (χ4n) is 1.85. The van der Waals surface area contributed by atoms with Crippen molar-refractivity contribution in [2.45, 2.75) is 60.4 Å². The largest absolute Gasteiger partial charge is 0.481 e. The van der Waals surface area contributed by atoms with Crippen LogP contribution in [0.2, 0.25) is 0 Å². The van der Waals surface area contributed by atoms with Crippen LogP contribution < -0.4 is 10.6 Å². The molecule has 0 aliphatic heterocycles. The van der Waals surface area contributed by atoms with Crippen molar-refractivity contribution in [2.75, 3.05) is 6.54 Å².